The fourth-order valence-corrected chi connectivity index (χ4v) is 5.44. The van der Waals surface area contributed by atoms with Gasteiger partial charge in [-0.25, -0.2) is 4.98 Å². The molecule has 33 heavy (non-hydrogen) atoms. The monoisotopic (exact) mass is 443 g/mol. The van der Waals surface area contributed by atoms with Crippen LogP contribution in [-0.4, -0.2) is 21.5 Å². The SMILES string of the molecule is CCCCc1ccc(-c2ccc(-n3cncc3C(=O)N[C@H]3C[C@@H](C)CC(C)(C)C3)cc2)cc1. The van der Waals surface area contributed by atoms with Gasteiger partial charge in [0.1, 0.15) is 5.69 Å². The third-order valence-electron chi connectivity index (χ3n) is 6.85. The number of aromatic nitrogens is 2. The van der Waals surface area contributed by atoms with Crippen molar-refractivity contribution in [3.63, 3.8) is 0 Å². The third kappa shape index (κ3) is 5.73. The van der Waals surface area contributed by atoms with E-state index in [2.05, 4.69) is 86.5 Å². The molecule has 4 nitrogen and oxygen atoms in total. The molecule has 1 aliphatic rings. The Bertz CT molecular complexity index is 1060. The Morgan fingerprint density at radius 2 is 1.73 bits per heavy atom. The van der Waals surface area contributed by atoms with E-state index in [1.807, 2.05) is 4.57 Å². The predicted molar refractivity (Wildman–Crippen MR) is 136 cm³/mol. The molecule has 3 aromatic rings. The Kier molecular flexibility index (Phi) is 7.02. The fourth-order valence-electron chi connectivity index (χ4n) is 5.44. The quantitative estimate of drug-likeness (QED) is 0.435. The number of hydrogen-bond acceptors (Lipinski definition) is 2. The van der Waals surface area contributed by atoms with Crippen molar-refractivity contribution in [3.05, 3.63) is 72.3 Å². The van der Waals surface area contributed by atoms with Crippen LogP contribution in [-0.2, 0) is 6.42 Å². The molecule has 174 valence electrons. The lowest BCUT2D eigenvalue weighted by Crippen LogP contribution is -2.43. The van der Waals surface area contributed by atoms with Gasteiger partial charge in [-0.2, -0.15) is 0 Å². The van der Waals surface area contributed by atoms with E-state index in [9.17, 15) is 4.79 Å². The van der Waals surface area contributed by atoms with E-state index in [0.717, 1.165) is 24.9 Å². The van der Waals surface area contributed by atoms with Crippen molar-refractivity contribution in [2.24, 2.45) is 11.3 Å². The molecule has 1 N–H and O–H groups in total. The maximum absolute atomic E-state index is 13.1. The minimum Gasteiger partial charge on any atom is -0.348 e. The van der Waals surface area contributed by atoms with Crippen molar-refractivity contribution in [1.82, 2.24) is 14.9 Å². The summed E-state index contributed by atoms with van der Waals surface area (Å²) in [4.78, 5) is 17.4. The van der Waals surface area contributed by atoms with E-state index < -0.39 is 0 Å². The highest BCUT2D eigenvalue weighted by Gasteiger charge is 2.33. The second kappa shape index (κ2) is 9.94. The minimum absolute atomic E-state index is 0.0471. The summed E-state index contributed by atoms with van der Waals surface area (Å²) in [6.45, 7) is 9.10. The summed E-state index contributed by atoms with van der Waals surface area (Å²) in [5, 5.41) is 3.27. The first-order valence-electron chi connectivity index (χ1n) is 12.4. The van der Waals surface area contributed by atoms with Gasteiger partial charge in [0.25, 0.3) is 5.91 Å². The van der Waals surface area contributed by atoms with E-state index >= 15 is 0 Å². The molecule has 1 saturated carbocycles. The zero-order valence-electron chi connectivity index (χ0n) is 20.5. The molecule has 1 heterocycles. The Balaban J connectivity index is 1.46. The summed E-state index contributed by atoms with van der Waals surface area (Å²) in [5.41, 5.74) is 5.56. The van der Waals surface area contributed by atoms with Gasteiger partial charge in [0.05, 0.1) is 12.5 Å². The second-order valence-electron chi connectivity index (χ2n) is 10.6. The molecule has 1 aromatic heterocycles. The van der Waals surface area contributed by atoms with E-state index in [0.29, 0.717) is 11.6 Å². The summed E-state index contributed by atoms with van der Waals surface area (Å²) >= 11 is 0. The van der Waals surface area contributed by atoms with Crippen LogP contribution in [0.5, 0.6) is 0 Å². The molecular formula is C29H37N3O. The van der Waals surface area contributed by atoms with Crippen LogP contribution >= 0.6 is 0 Å². The number of imidazole rings is 1. The van der Waals surface area contributed by atoms with Gasteiger partial charge >= 0.3 is 0 Å². The Morgan fingerprint density at radius 3 is 2.36 bits per heavy atom. The van der Waals surface area contributed by atoms with Crippen LogP contribution < -0.4 is 5.32 Å². The molecule has 2 atom stereocenters. The van der Waals surface area contributed by atoms with Crippen molar-refractivity contribution in [3.8, 4) is 16.8 Å². The summed E-state index contributed by atoms with van der Waals surface area (Å²) in [5.74, 6) is 0.575. The number of rotatable bonds is 7. The number of aryl methyl sites for hydroxylation is 1. The molecule has 0 radical (unpaired) electrons. The average Bonchev–Trinajstić information content (AvgIpc) is 3.27. The van der Waals surface area contributed by atoms with Gasteiger partial charge < -0.3 is 5.32 Å². The molecule has 0 aliphatic heterocycles. The van der Waals surface area contributed by atoms with Crippen molar-refractivity contribution in [2.75, 3.05) is 0 Å². The number of benzene rings is 2. The lowest BCUT2D eigenvalue weighted by molar-refractivity contribution is 0.0867. The smallest absolute Gasteiger partial charge is 0.270 e. The molecule has 1 amide bonds. The minimum atomic E-state index is -0.0471. The van der Waals surface area contributed by atoms with Crippen LogP contribution in [0.4, 0.5) is 0 Å². The summed E-state index contributed by atoms with van der Waals surface area (Å²) in [6, 6.07) is 17.4. The van der Waals surface area contributed by atoms with Gasteiger partial charge in [0.2, 0.25) is 0 Å². The van der Waals surface area contributed by atoms with Crippen molar-refractivity contribution in [2.45, 2.75) is 72.3 Å². The van der Waals surface area contributed by atoms with E-state index in [-0.39, 0.29) is 17.4 Å². The van der Waals surface area contributed by atoms with E-state index in [4.69, 9.17) is 0 Å². The average molecular weight is 444 g/mol. The molecule has 1 aliphatic carbocycles. The van der Waals surface area contributed by atoms with Crippen LogP contribution in [0.15, 0.2) is 61.1 Å². The summed E-state index contributed by atoms with van der Waals surface area (Å²) < 4.78 is 1.88. The second-order valence-corrected chi connectivity index (χ2v) is 10.6. The number of carbonyl (C=O) groups excluding carboxylic acids is 1. The Morgan fingerprint density at radius 1 is 1.06 bits per heavy atom. The molecular weight excluding hydrogens is 406 g/mol. The highest BCUT2D eigenvalue weighted by atomic mass is 16.2. The van der Waals surface area contributed by atoms with Crippen molar-refractivity contribution in [1.29, 1.82) is 0 Å². The summed E-state index contributed by atoms with van der Waals surface area (Å²) in [7, 11) is 0. The normalized spacial score (nSPS) is 19.9. The van der Waals surface area contributed by atoms with E-state index in [1.165, 1.54) is 36.0 Å². The molecule has 0 saturated heterocycles. The van der Waals surface area contributed by atoms with Crippen LogP contribution in [0.25, 0.3) is 16.8 Å². The van der Waals surface area contributed by atoms with Crippen molar-refractivity contribution >= 4 is 5.91 Å². The number of unbranched alkanes of at least 4 members (excludes halogenated alkanes) is 1. The molecule has 1 fully saturated rings. The highest BCUT2D eigenvalue weighted by molar-refractivity contribution is 5.93. The van der Waals surface area contributed by atoms with Gasteiger partial charge in [-0.1, -0.05) is 70.5 Å². The topological polar surface area (TPSA) is 46.9 Å². The first-order chi connectivity index (χ1) is 15.8. The number of carbonyl (C=O) groups is 1. The van der Waals surface area contributed by atoms with Gasteiger partial charge in [0, 0.05) is 11.7 Å². The van der Waals surface area contributed by atoms with Gasteiger partial charge in [-0.3, -0.25) is 9.36 Å². The third-order valence-corrected chi connectivity index (χ3v) is 6.85. The molecule has 0 spiro atoms. The first kappa shape index (κ1) is 23.3. The molecule has 4 rings (SSSR count). The standard InChI is InChI=1S/C29H37N3O/c1-5-6-7-22-8-10-23(11-9-22)24-12-14-26(15-13-24)32-20-30-19-27(32)28(33)31-25-16-21(2)17-29(3,4)18-25/h8-15,19-21,25H,5-7,16-18H2,1-4H3,(H,31,33)/t21-,25+/m1/s1. The van der Waals surface area contributed by atoms with Gasteiger partial charge in [-0.05, 0) is 72.3 Å². The van der Waals surface area contributed by atoms with E-state index in [1.54, 1.807) is 12.5 Å². The lowest BCUT2D eigenvalue weighted by atomic mass is 9.70. The van der Waals surface area contributed by atoms with Crippen molar-refractivity contribution < 1.29 is 4.79 Å². The predicted octanol–water partition coefficient (Wildman–Crippen LogP) is 6.83. The Hall–Kier alpha value is -2.88. The fraction of sp³-hybridized carbons (Fsp3) is 0.448. The number of nitrogens with one attached hydrogen (secondary N) is 1. The number of hydrogen-bond donors (Lipinski definition) is 1. The first-order valence-corrected chi connectivity index (χ1v) is 12.4. The zero-order valence-corrected chi connectivity index (χ0v) is 20.5. The lowest BCUT2D eigenvalue weighted by Gasteiger charge is -2.39. The molecule has 0 bridgehead atoms. The summed E-state index contributed by atoms with van der Waals surface area (Å²) in [6.07, 6.45) is 10.2. The Labute approximate surface area is 198 Å². The maximum Gasteiger partial charge on any atom is 0.270 e. The largest absolute Gasteiger partial charge is 0.348 e. The molecule has 0 unspecified atom stereocenters. The maximum atomic E-state index is 13.1. The van der Waals surface area contributed by atoms with Crippen LogP contribution in [0.1, 0.15) is 75.9 Å². The van der Waals surface area contributed by atoms with Crippen LogP contribution in [0.3, 0.4) is 0 Å². The van der Waals surface area contributed by atoms with Gasteiger partial charge in [0.15, 0.2) is 0 Å². The highest BCUT2D eigenvalue weighted by Crippen LogP contribution is 2.38. The number of nitrogens with zero attached hydrogens (tertiary/aromatic N) is 2. The molecule has 2 aromatic carbocycles. The van der Waals surface area contributed by atoms with Crippen LogP contribution in [0.2, 0.25) is 0 Å². The van der Waals surface area contributed by atoms with Crippen LogP contribution in [0, 0.1) is 11.3 Å². The number of amides is 1. The zero-order chi connectivity index (χ0) is 23.4. The van der Waals surface area contributed by atoms with Gasteiger partial charge in [-0.15, -0.1) is 0 Å². The molecule has 4 heteroatoms.